The maximum atomic E-state index is 11.7. The molecule has 32 heavy (non-hydrogen) atoms. The van der Waals surface area contributed by atoms with E-state index in [0.717, 1.165) is 11.8 Å². The number of ether oxygens (including phenoxy) is 3. The Morgan fingerprint density at radius 2 is 2.09 bits per heavy atom. The Bertz CT molecular complexity index is 1260. The van der Waals surface area contributed by atoms with E-state index in [9.17, 15) is 8.42 Å². The number of rotatable bonds is 7. The Balaban J connectivity index is 1.48. The second-order valence-electron chi connectivity index (χ2n) is 7.73. The Morgan fingerprint density at radius 1 is 1.31 bits per heavy atom. The third-order valence-corrected chi connectivity index (χ3v) is 6.24. The third kappa shape index (κ3) is 3.83. The summed E-state index contributed by atoms with van der Waals surface area (Å²) in [6.45, 7) is 0.129. The minimum atomic E-state index is -3.71. The molecule has 5 rings (SSSR count). The highest BCUT2D eigenvalue weighted by atomic mass is 35.5. The zero-order valence-corrected chi connectivity index (χ0v) is 18.5. The summed E-state index contributed by atoms with van der Waals surface area (Å²) in [5.74, 6) is -0.0136. The summed E-state index contributed by atoms with van der Waals surface area (Å²) in [5, 5.41) is 0.113. The molecule has 0 saturated carbocycles. The van der Waals surface area contributed by atoms with Gasteiger partial charge in [0.25, 0.3) is 10.1 Å². The van der Waals surface area contributed by atoms with Gasteiger partial charge >= 0.3 is 0 Å². The lowest BCUT2D eigenvalue weighted by Crippen LogP contribution is -2.46. The fourth-order valence-electron chi connectivity index (χ4n) is 4.02. The van der Waals surface area contributed by atoms with Crippen molar-refractivity contribution in [3.05, 3.63) is 47.4 Å². The Kier molecular flexibility index (Phi) is 5.31. The lowest BCUT2D eigenvalue weighted by atomic mass is 10.00. The van der Waals surface area contributed by atoms with E-state index in [4.69, 9.17) is 35.7 Å². The second-order valence-corrected chi connectivity index (χ2v) is 9.73. The van der Waals surface area contributed by atoms with Gasteiger partial charge in [-0.2, -0.15) is 18.4 Å². The number of fused-ring (bicyclic) bond motifs is 3. The number of aromatic nitrogens is 4. The number of halogens is 1. The first kappa shape index (κ1) is 21.5. The highest BCUT2D eigenvalue weighted by molar-refractivity contribution is 7.85. The fourth-order valence-corrected chi connectivity index (χ4v) is 4.65. The smallest absolute Gasteiger partial charge is 0.264 e. The molecule has 0 amide bonds. The van der Waals surface area contributed by atoms with Crippen LogP contribution in [0.1, 0.15) is 11.8 Å². The third-order valence-electron chi connectivity index (χ3n) is 5.43. The predicted molar refractivity (Wildman–Crippen MR) is 113 cm³/mol. The van der Waals surface area contributed by atoms with Crippen LogP contribution in [0.15, 0.2) is 36.7 Å². The summed E-state index contributed by atoms with van der Waals surface area (Å²) in [4.78, 5) is 12.4. The molecule has 2 saturated heterocycles. The molecule has 11 nitrogen and oxygen atoms in total. The molecule has 4 heterocycles. The molecule has 0 radical (unpaired) electrons. The number of nitrogens with zero attached hydrogens (tertiary/aromatic N) is 4. The van der Waals surface area contributed by atoms with Gasteiger partial charge in [0.15, 0.2) is 17.0 Å². The lowest BCUT2D eigenvalue weighted by molar-refractivity contribution is -0.183. The summed E-state index contributed by atoms with van der Waals surface area (Å²) in [7, 11) is -3.71. The minimum Gasteiger partial charge on any atom is -0.368 e. The monoisotopic (exact) mass is 481 g/mol. The molecular formula is C19H20ClN5O6S. The molecule has 2 aliphatic heterocycles. The molecule has 2 fully saturated rings. The molecule has 2 N–H and O–H groups in total. The lowest BCUT2D eigenvalue weighted by Gasteiger charge is -2.31. The second kappa shape index (κ2) is 7.90. The molecule has 2 bridgehead atoms. The Hall–Kier alpha value is -2.35. The van der Waals surface area contributed by atoms with Crippen LogP contribution in [0.2, 0.25) is 5.15 Å². The van der Waals surface area contributed by atoms with E-state index >= 15 is 0 Å². The van der Waals surface area contributed by atoms with Crippen molar-refractivity contribution >= 4 is 38.8 Å². The summed E-state index contributed by atoms with van der Waals surface area (Å²) in [5.41, 5.74) is 6.29. The molecule has 0 spiro atoms. The standard InChI is InChI=1S/C19H20ClN5O6S/c1-32(26,27)30-9-19-8-29-13(14(19)28-7-11-5-3-2-4-6-11)17(31-19)25-10-22-12-15(20)23-18(21)24-16(12)25/h2-6,10,13-14,17H,7-9H2,1H3,(H2,21,23,24)/t13-,14+,17-,19-/m1/s1. The Morgan fingerprint density at radius 3 is 2.84 bits per heavy atom. The highest BCUT2D eigenvalue weighted by Gasteiger charge is 2.63. The van der Waals surface area contributed by atoms with Crippen molar-refractivity contribution in [3.63, 3.8) is 0 Å². The first-order valence-corrected chi connectivity index (χ1v) is 11.9. The van der Waals surface area contributed by atoms with E-state index in [0.29, 0.717) is 11.2 Å². The van der Waals surface area contributed by atoms with Crippen LogP contribution in [-0.2, 0) is 35.1 Å². The van der Waals surface area contributed by atoms with Crippen LogP contribution in [-0.4, -0.2) is 65.2 Å². The van der Waals surface area contributed by atoms with Gasteiger partial charge in [-0.05, 0) is 5.56 Å². The van der Waals surface area contributed by atoms with Gasteiger partial charge < -0.3 is 19.9 Å². The quantitative estimate of drug-likeness (QED) is 0.387. The average Bonchev–Trinajstić information content (AvgIpc) is 3.41. The van der Waals surface area contributed by atoms with Crippen molar-refractivity contribution in [2.24, 2.45) is 0 Å². The van der Waals surface area contributed by atoms with E-state index in [-0.39, 0.29) is 30.9 Å². The molecule has 0 aliphatic carbocycles. The van der Waals surface area contributed by atoms with E-state index in [2.05, 4.69) is 15.0 Å². The van der Waals surface area contributed by atoms with Gasteiger partial charge in [0.1, 0.15) is 29.9 Å². The van der Waals surface area contributed by atoms with E-state index in [1.807, 2.05) is 30.3 Å². The number of nitrogen functional groups attached to an aromatic ring is 1. The van der Waals surface area contributed by atoms with Crippen molar-refractivity contribution in [1.82, 2.24) is 19.5 Å². The molecule has 2 aromatic heterocycles. The summed E-state index contributed by atoms with van der Waals surface area (Å²) in [6, 6.07) is 9.59. The minimum absolute atomic E-state index is 0.0136. The summed E-state index contributed by atoms with van der Waals surface area (Å²) < 4.78 is 48.6. The van der Waals surface area contributed by atoms with Crippen LogP contribution >= 0.6 is 11.6 Å². The first-order valence-electron chi connectivity index (χ1n) is 9.71. The SMILES string of the molecule is CS(=O)(=O)OC[C@@]12CO[C@@H]([C@H](n3cnc4c(Cl)nc(N)nc43)O1)[C@@H]2OCc1ccccc1. The predicted octanol–water partition coefficient (Wildman–Crippen LogP) is 1.29. The van der Waals surface area contributed by atoms with Crippen molar-refractivity contribution in [1.29, 1.82) is 0 Å². The van der Waals surface area contributed by atoms with Gasteiger partial charge in [0.05, 0.1) is 25.8 Å². The number of imidazole rings is 1. The van der Waals surface area contributed by atoms with Crippen molar-refractivity contribution in [3.8, 4) is 0 Å². The number of nitrogens with two attached hydrogens (primary N) is 1. The van der Waals surface area contributed by atoms with Gasteiger partial charge in [-0.1, -0.05) is 41.9 Å². The normalized spacial score (nSPS) is 27.4. The van der Waals surface area contributed by atoms with Gasteiger partial charge in [-0.3, -0.25) is 8.75 Å². The maximum absolute atomic E-state index is 11.7. The molecule has 13 heteroatoms. The molecule has 2 aliphatic rings. The topological polar surface area (TPSA) is 141 Å². The van der Waals surface area contributed by atoms with E-state index < -0.39 is 34.2 Å². The van der Waals surface area contributed by atoms with Crippen molar-refractivity contribution in [2.75, 3.05) is 25.2 Å². The summed E-state index contributed by atoms with van der Waals surface area (Å²) >= 11 is 6.14. The average molecular weight is 482 g/mol. The van der Waals surface area contributed by atoms with Gasteiger partial charge in [0.2, 0.25) is 5.95 Å². The first-order chi connectivity index (χ1) is 15.3. The number of anilines is 1. The largest absolute Gasteiger partial charge is 0.368 e. The number of hydrogen-bond acceptors (Lipinski definition) is 10. The molecule has 3 aromatic rings. The van der Waals surface area contributed by atoms with Crippen LogP contribution in [0.3, 0.4) is 0 Å². The molecule has 170 valence electrons. The number of benzene rings is 1. The maximum Gasteiger partial charge on any atom is 0.264 e. The van der Waals surface area contributed by atoms with Crippen LogP contribution in [0.25, 0.3) is 11.2 Å². The van der Waals surface area contributed by atoms with Crippen LogP contribution in [0.5, 0.6) is 0 Å². The van der Waals surface area contributed by atoms with Crippen LogP contribution < -0.4 is 5.73 Å². The number of hydrogen-bond donors (Lipinski definition) is 1. The van der Waals surface area contributed by atoms with E-state index in [1.54, 1.807) is 4.57 Å². The zero-order valence-electron chi connectivity index (χ0n) is 16.9. The van der Waals surface area contributed by atoms with Gasteiger partial charge in [-0.25, -0.2) is 4.98 Å². The van der Waals surface area contributed by atoms with Crippen LogP contribution in [0, 0.1) is 0 Å². The summed E-state index contributed by atoms with van der Waals surface area (Å²) in [6.07, 6.45) is 0.575. The van der Waals surface area contributed by atoms with E-state index in [1.165, 1.54) is 6.33 Å². The molecule has 4 atom stereocenters. The fraction of sp³-hybridized carbons (Fsp3) is 0.421. The molecule has 0 unspecified atom stereocenters. The van der Waals surface area contributed by atoms with Gasteiger partial charge in [0, 0.05) is 0 Å². The molecule has 1 aromatic carbocycles. The van der Waals surface area contributed by atoms with Gasteiger partial charge in [-0.15, -0.1) is 0 Å². The van der Waals surface area contributed by atoms with Crippen molar-refractivity contribution < 1.29 is 26.8 Å². The highest BCUT2D eigenvalue weighted by Crippen LogP contribution is 2.48. The Labute approximate surface area is 188 Å². The zero-order chi connectivity index (χ0) is 22.5. The van der Waals surface area contributed by atoms with Crippen LogP contribution in [0.4, 0.5) is 5.95 Å². The molecular weight excluding hydrogens is 462 g/mol. The van der Waals surface area contributed by atoms with Crippen molar-refractivity contribution in [2.45, 2.75) is 30.6 Å².